The van der Waals surface area contributed by atoms with E-state index in [0.29, 0.717) is 0 Å². The maximum atomic E-state index is 9.75. The minimum absolute atomic E-state index is 1.17. The Hall–Kier alpha value is -4.45. The molecule has 0 spiro atoms. The van der Waals surface area contributed by atoms with Crippen molar-refractivity contribution in [2.75, 3.05) is 0 Å². The molecular weight excluding hydrogens is 485 g/mol. The highest BCUT2D eigenvalue weighted by atomic mass is 19.5. The molecule has 0 amide bonds. The Balaban J connectivity index is 0.000000540. The first-order valence-electron chi connectivity index (χ1n) is 12.3. The van der Waals surface area contributed by atoms with Gasteiger partial charge in [-0.15, -0.1) is 0 Å². The van der Waals surface area contributed by atoms with Crippen molar-refractivity contribution in [2.45, 2.75) is 6.92 Å². The van der Waals surface area contributed by atoms with Crippen LogP contribution in [0.5, 0.6) is 0 Å². The normalized spacial score (nSPS) is 11.3. The lowest BCUT2D eigenvalue weighted by Crippen LogP contribution is -2.35. The minimum atomic E-state index is -6.00. The van der Waals surface area contributed by atoms with Crippen LogP contribution in [-0.4, -0.2) is 7.25 Å². The number of rotatable bonds is 3. The van der Waals surface area contributed by atoms with Gasteiger partial charge in [-0.3, -0.25) is 0 Å². The fourth-order valence-corrected chi connectivity index (χ4v) is 4.75. The van der Waals surface area contributed by atoms with Crippen molar-refractivity contribution in [1.29, 1.82) is 0 Å². The SMILES string of the molecule is Cc1ccc(-[n+]2c(-c3ccccc3)cc(-c3ccccc3)c3ccc4ccccc4c32)cc1.F[B-](F)(F)F. The van der Waals surface area contributed by atoms with Gasteiger partial charge in [0.15, 0.2) is 0 Å². The van der Waals surface area contributed by atoms with Gasteiger partial charge in [-0.05, 0) is 42.1 Å². The highest BCUT2D eigenvalue weighted by Crippen LogP contribution is 2.35. The first-order valence-corrected chi connectivity index (χ1v) is 12.3. The zero-order chi connectivity index (χ0) is 26.7. The zero-order valence-corrected chi connectivity index (χ0v) is 20.7. The van der Waals surface area contributed by atoms with Crippen molar-refractivity contribution in [2.24, 2.45) is 0 Å². The Bertz CT molecular complexity index is 1690. The summed E-state index contributed by atoms with van der Waals surface area (Å²) >= 11 is 0. The lowest BCUT2D eigenvalue weighted by Gasteiger charge is -2.14. The van der Waals surface area contributed by atoms with E-state index in [4.69, 9.17) is 0 Å². The molecule has 0 fully saturated rings. The van der Waals surface area contributed by atoms with E-state index < -0.39 is 7.25 Å². The van der Waals surface area contributed by atoms with Crippen LogP contribution in [-0.2, 0) is 0 Å². The molecule has 0 unspecified atom stereocenters. The molecule has 0 atom stereocenters. The fourth-order valence-electron chi connectivity index (χ4n) is 4.75. The third kappa shape index (κ3) is 5.45. The fraction of sp³-hybridized carbons (Fsp3) is 0.0312. The average Bonchev–Trinajstić information content (AvgIpc) is 2.92. The molecule has 0 saturated carbocycles. The number of hydrogen-bond donors (Lipinski definition) is 0. The smallest absolute Gasteiger partial charge is 0.418 e. The average molecular weight is 509 g/mol. The van der Waals surface area contributed by atoms with Crippen LogP contribution in [0.3, 0.4) is 0 Å². The maximum Gasteiger partial charge on any atom is 0.673 e. The van der Waals surface area contributed by atoms with Crippen molar-refractivity contribution in [3.63, 3.8) is 0 Å². The van der Waals surface area contributed by atoms with Gasteiger partial charge in [0.05, 0.1) is 10.8 Å². The van der Waals surface area contributed by atoms with E-state index in [0.717, 1.165) is 0 Å². The molecule has 0 aliphatic heterocycles. The molecule has 38 heavy (non-hydrogen) atoms. The van der Waals surface area contributed by atoms with Crippen molar-refractivity contribution in [3.05, 3.63) is 133 Å². The van der Waals surface area contributed by atoms with Gasteiger partial charge in [-0.25, -0.2) is 0 Å². The Morgan fingerprint density at radius 3 is 1.74 bits per heavy atom. The lowest BCUT2D eigenvalue weighted by atomic mass is 9.94. The van der Waals surface area contributed by atoms with Crippen LogP contribution in [0.2, 0.25) is 0 Å². The van der Waals surface area contributed by atoms with Crippen LogP contribution >= 0.6 is 0 Å². The zero-order valence-electron chi connectivity index (χ0n) is 20.7. The van der Waals surface area contributed by atoms with Gasteiger partial charge >= 0.3 is 7.25 Å². The number of aryl methyl sites for hydroxylation is 1. The van der Waals surface area contributed by atoms with Gasteiger partial charge in [0.25, 0.3) is 0 Å². The van der Waals surface area contributed by atoms with Crippen molar-refractivity contribution < 1.29 is 21.8 Å². The molecule has 6 heteroatoms. The second kappa shape index (κ2) is 10.5. The number of fused-ring (bicyclic) bond motifs is 3. The number of halogens is 4. The number of hydrogen-bond acceptors (Lipinski definition) is 0. The van der Waals surface area contributed by atoms with Crippen LogP contribution < -0.4 is 4.57 Å². The molecule has 1 aromatic heterocycles. The van der Waals surface area contributed by atoms with E-state index in [2.05, 4.69) is 139 Å². The number of pyridine rings is 1. The van der Waals surface area contributed by atoms with E-state index in [1.165, 1.54) is 55.3 Å². The summed E-state index contributed by atoms with van der Waals surface area (Å²) in [6.45, 7) is 2.14. The molecule has 5 aromatic carbocycles. The number of aromatic nitrogens is 1. The van der Waals surface area contributed by atoms with Gasteiger partial charge in [0, 0.05) is 29.3 Å². The molecule has 0 radical (unpaired) electrons. The first-order chi connectivity index (χ1) is 18.3. The Morgan fingerprint density at radius 1 is 0.553 bits per heavy atom. The molecule has 1 nitrogen and oxygen atoms in total. The summed E-state index contributed by atoms with van der Waals surface area (Å²) < 4.78 is 41.4. The quantitative estimate of drug-likeness (QED) is 0.0969. The molecule has 1 heterocycles. The Labute approximate surface area is 218 Å². The highest BCUT2D eigenvalue weighted by molar-refractivity contribution is 6.50. The predicted octanol–water partition coefficient (Wildman–Crippen LogP) is 9.21. The van der Waals surface area contributed by atoms with Crippen LogP contribution in [0.25, 0.3) is 49.7 Å². The van der Waals surface area contributed by atoms with Gasteiger partial charge in [0.1, 0.15) is 0 Å². The van der Waals surface area contributed by atoms with Crippen LogP contribution in [0, 0.1) is 6.92 Å². The topological polar surface area (TPSA) is 3.88 Å². The summed E-state index contributed by atoms with van der Waals surface area (Å²) in [4.78, 5) is 0. The van der Waals surface area contributed by atoms with E-state index in [9.17, 15) is 17.3 Å². The minimum Gasteiger partial charge on any atom is -0.418 e. The summed E-state index contributed by atoms with van der Waals surface area (Å²) in [6.07, 6.45) is 0. The Kier molecular flexibility index (Phi) is 6.97. The second-order valence-corrected chi connectivity index (χ2v) is 9.02. The Morgan fingerprint density at radius 2 is 1.11 bits per heavy atom. The maximum absolute atomic E-state index is 9.75. The molecule has 0 N–H and O–H groups in total. The molecule has 0 bridgehead atoms. The summed E-state index contributed by atoms with van der Waals surface area (Å²) in [6, 6.07) is 45.8. The third-order valence-corrected chi connectivity index (χ3v) is 6.38. The monoisotopic (exact) mass is 509 g/mol. The third-order valence-electron chi connectivity index (χ3n) is 6.38. The predicted molar refractivity (Wildman–Crippen MR) is 149 cm³/mol. The van der Waals surface area contributed by atoms with Crippen LogP contribution in [0.1, 0.15) is 5.56 Å². The number of benzene rings is 5. The summed E-state index contributed by atoms with van der Waals surface area (Å²) in [5.74, 6) is 0. The number of nitrogens with zero attached hydrogens (tertiary/aromatic N) is 1. The summed E-state index contributed by atoms with van der Waals surface area (Å²) in [5.41, 5.74) is 8.52. The van der Waals surface area contributed by atoms with Gasteiger partial charge in [0.2, 0.25) is 16.9 Å². The van der Waals surface area contributed by atoms with E-state index in [1.807, 2.05) is 0 Å². The largest absolute Gasteiger partial charge is 0.673 e. The summed E-state index contributed by atoms with van der Waals surface area (Å²) in [5, 5.41) is 3.75. The molecule has 0 aliphatic rings. The van der Waals surface area contributed by atoms with Crippen molar-refractivity contribution in [3.8, 4) is 28.1 Å². The standard InChI is InChI=1S/C32H24N.BF4/c1-23-16-19-27(20-17-23)33-31(26-13-6-3-7-14-26)22-30(24-10-4-2-5-11-24)29-21-18-25-12-8-9-15-28(25)32(29)33;2-1(3,4)5/h2-22H,1H3;/q+1;-1. The molecule has 0 saturated heterocycles. The van der Waals surface area contributed by atoms with E-state index in [-0.39, 0.29) is 0 Å². The van der Waals surface area contributed by atoms with Crippen LogP contribution in [0.4, 0.5) is 17.3 Å². The van der Waals surface area contributed by atoms with E-state index in [1.54, 1.807) is 0 Å². The molecule has 6 aromatic rings. The van der Waals surface area contributed by atoms with Gasteiger partial charge in [-0.1, -0.05) is 90.5 Å². The lowest BCUT2D eigenvalue weighted by molar-refractivity contribution is -0.554. The second-order valence-electron chi connectivity index (χ2n) is 9.02. The molecule has 0 aliphatic carbocycles. The molecule has 188 valence electrons. The van der Waals surface area contributed by atoms with Crippen LogP contribution in [0.15, 0.2) is 127 Å². The molecule has 6 rings (SSSR count). The van der Waals surface area contributed by atoms with Gasteiger partial charge < -0.3 is 17.3 Å². The highest BCUT2D eigenvalue weighted by Gasteiger charge is 2.25. The van der Waals surface area contributed by atoms with E-state index >= 15 is 0 Å². The first kappa shape index (κ1) is 25.2. The van der Waals surface area contributed by atoms with Crippen molar-refractivity contribution in [1.82, 2.24) is 0 Å². The van der Waals surface area contributed by atoms with Gasteiger partial charge in [-0.2, -0.15) is 4.57 Å². The molecular formula is C32H24BF4N. The summed E-state index contributed by atoms with van der Waals surface area (Å²) in [7, 11) is -6.00. The van der Waals surface area contributed by atoms with Crippen molar-refractivity contribution >= 4 is 28.9 Å².